The van der Waals surface area contributed by atoms with Crippen molar-refractivity contribution in [1.29, 1.82) is 0 Å². The first-order valence-electron chi connectivity index (χ1n) is 7.67. The van der Waals surface area contributed by atoms with Crippen LogP contribution >= 0.6 is 0 Å². The van der Waals surface area contributed by atoms with Crippen molar-refractivity contribution in [2.24, 2.45) is 16.7 Å². The van der Waals surface area contributed by atoms with E-state index in [0.29, 0.717) is 10.8 Å². The molecule has 1 fully saturated rings. The van der Waals surface area contributed by atoms with Crippen LogP contribution < -0.4 is 5.43 Å². The van der Waals surface area contributed by atoms with Gasteiger partial charge in [-0.25, -0.2) is 5.01 Å². The highest BCUT2D eigenvalue weighted by Gasteiger charge is 2.28. The first kappa shape index (κ1) is 16.0. The van der Waals surface area contributed by atoms with Crippen LogP contribution in [0.2, 0.25) is 0 Å². The molecule has 2 heteroatoms. The minimum Gasteiger partial charge on any atom is -0.255 e. The second kappa shape index (κ2) is 6.38. The lowest BCUT2D eigenvalue weighted by Crippen LogP contribution is -2.46. The highest BCUT2D eigenvalue weighted by atomic mass is 15.5. The summed E-state index contributed by atoms with van der Waals surface area (Å²) in [5.41, 5.74) is 4.56. The quantitative estimate of drug-likeness (QED) is 0.761. The zero-order chi connectivity index (χ0) is 13.8. The van der Waals surface area contributed by atoms with Crippen LogP contribution in [0.4, 0.5) is 0 Å². The summed E-state index contributed by atoms with van der Waals surface area (Å²) in [5, 5.41) is 2.44. The van der Waals surface area contributed by atoms with E-state index < -0.39 is 0 Å². The monoisotopic (exact) mass is 254 g/mol. The van der Waals surface area contributed by atoms with Crippen LogP contribution in [0.3, 0.4) is 0 Å². The van der Waals surface area contributed by atoms with Gasteiger partial charge in [-0.1, -0.05) is 41.5 Å². The van der Waals surface area contributed by atoms with Crippen molar-refractivity contribution in [3.05, 3.63) is 0 Å². The molecule has 0 aromatic heterocycles. The summed E-state index contributed by atoms with van der Waals surface area (Å²) in [6.07, 6.45) is 5.27. The van der Waals surface area contributed by atoms with E-state index >= 15 is 0 Å². The van der Waals surface area contributed by atoms with E-state index in [9.17, 15) is 0 Å². The van der Waals surface area contributed by atoms with Crippen molar-refractivity contribution in [2.75, 3.05) is 19.6 Å². The van der Waals surface area contributed by atoms with E-state index in [1.54, 1.807) is 0 Å². The molecule has 0 spiro atoms. The molecular weight excluding hydrogens is 220 g/mol. The molecule has 108 valence electrons. The molecule has 0 atom stereocenters. The molecule has 2 nitrogen and oxygen atoms in total. The molecule has 0 saturated carbocycles. The summed E-state index contributed by atoms with van der Waals surface area (Å²) >= 11 is 0. The van der Waals surface area contributed by atoms with Gasteiger partial charge in [-0.15, -0.1) is 0 Å². The number of hydrogen-bond acceptors (Lipinski definition) is 2. The number of hydrazine groups is 1. The molecule has 1 saturated heterocycles. The molecule has 0 unspecified atom stereocenters. The van der Waals surface area contributed by atoms with Gasteiger partial charge in [-0.2, -0.15) is 0 Å². The maximum absolute atomic E-state index is 3.60. The molecule has 1 aliphatic rings. The third-order valence-electron chi connectivity index (χ3n) is 4.16. The fourth-order valence-corrected chi connectivity index (χ4v) is 2.76. The standard InChI is InChI=1S/C16H34N2/c1-15(2,3)10-7-11-17-18-12-8-14(9-13-18)16(4,5)6/h14,17H,7-13H2,1-6H3. The molecule has 0 aromatic carbocycles. The van der Waals surface area contributed by atoms with Crippen molar-refractivity contribution in [2.45, 2.75) is 67.2 Å². The lowest BCUT2D eigenvalue weighted by Gasteiger charge is -2.39. The second-order valence-corrected chi connectivity index (χ2v) is 8.20. The average Bonchev–Trinajstić information content (AvgIpc) is 2.22. The van der Waals surface area contributed by atoms with E-state index in [0.717, 1.165) is 12.5 Å². The summed E-state index contributed by atoms with van der Waals surface area (Å²) in [4.78, 5) is 0. The van der Waals surface area contributed by atoms with E-state index in [4.69, 9.17) is 0 Å². The molecule has 1 aliphatic heterocycles. The summed E-state index contributed by atoms with van der Waals surface area (Å²) < 4.78 is 0. The summed E-state index contributed by atoms with van der Waals surface area (Å²) in [6, 6.07) is 0. The third kappa shape index (κ3) is 6.19. The lowest BCUT2D eigenvalue weighted by molar-refractivity contribution is 0.0759. The van der Waals surface area contributed by atoms with E-state index in [1.165, 1.54) is 38.8 Å². The number of nitrogens with one attached hydrogen (secondary N) is 1. The van der Waals surface area contributed by atoms with Gasteiger partial charge in [0.2, 0.25) is 0 Å². The smallest absolute Gasteiger partial charge is 0.0133 e. The topological polar surface area (TPSA) is 15.3 Å². The minimum atomic E-state index is 0.473. The molecule has 0 amide bonds. The third-order valence-corrected chi connectivity index (χ3v) is 4.16. The van der Waals surface area contributed by atoms with Gasteiger partial charge in [0, 0.05) is 19.6 Å². The first-order chi connectivity index (χ1) is 8.18. The molecule has 0 radical (unpaired) electrons. The van der Waals surface area contributed by atoms with Gasteiger partial charge in [-0.3, -0.25) is 5.43 Å². The van der Waals surface area contributed by atoms with Crippen LogP contribution in [0.15, 0.2) is 0 Å². The Balaban J connectivity index is 2.13. The van der Waals surface area contributed by atoms with Crippen LogP contribution in [-0.2, 0) is 0 Å². The maximum Gasteiger partial charge on any atom is 0.0133 e. The van der Waals surface area contributed by atoms with Crippen LogP contribution in [0.5, 0.6) is 0 Å². The summed E-state index contributed by atoms with van der Waals surface area (Å²) in [7, 11) is 0. The Labute approximate surface area is 114 Å². The highest BCUT2D eigenvalue weighted by Crippen LogP contribution is 2.33. The van der Waals surface area contributed by atoms with Crippen molar-refractivity contribution in [1.82, 2.24) is 10.4 Å². The van der Waals surface area contributed by atoms with E-state index in [-0.39, 0.29) is 0 Å². The number of rotatable bonds is 4. The van der Waals surface area contributed by atoms with Gasteiger partial charge >= 0.3 is 0 Å². The summed E-state index contributed by atoms with van der Waals surface area (Å²) in [5.74, 6) is 0.894. The Kier molecular flexibility index (Phi) is 5.67. The van der Waals surface area contributed by atoms with Gasteiger partial charge in [0.05, 0.1) is 0 Å². The largest absolute Gasteiger partial charge is 0.255 e. The molecule has 0 aliphatic carbocycles. The van der Waals surface area contributed by atoms with Crippen LogP contribution in [-0.4, -0.2) is 24.6 Å². The molecule has 18 heavy (non-hydrogen) atoms. The van der Waals surface area contributed by atoms with Gasteiger partial charge in [-0.05, 0) is 42.4 Å². The van der Waals surface area contributed by atoms with Crippen molar-refractivity contribution in [3.63, 3.8) is 0 Å². The molecule has 1 heterocycles. The van der Waals surface area contributed by atoms with Gasteiger partial charge in [0.25, 0.3) is 0 Å². The zero-order valence-electron chi connectivity index (χ0n) is 13.5. The molecule has 0 bridgehead atoms. The Hall–Kier alpha value is -0.0800. The Morgan fingerprint density at radius 1 is 1.00 bits per heavy atom. The fourth-order valence-electron chi connectivity index (χ4n) is 2.76. The highest BCUT2D eigenvalue weighted by molar-refractivity contribution is 4.79. The van der Waals surface area contributed by atoms with Gasteiger partial charge in [0.1, 0.15) is 0 Å². The summed E-state index contributed by atoms with van der Waals surface area (Å²) in [6.45, 7) is 17.7. The molecule has 1 rings (SSSR count). The van der Waals surface area contributed by atoms with Crippen molar-refractivity contribution < 1.29 is 0 Å². The van der Waals surface area contributed by atoms with Gasteiger partial charge in [0.15, 0.2) is 0 Å². The zero-order valence-corrected chi connectivity index (χ0v) is 13.5. The minimum absolute atomic E-state index is 0.473. The number of nitrogens with zero attached hydrogens (tertiary/aromatic N) is 1. The number of hydrogen-bond donors (Lipinski definition) is 1. The maximum atomic E-state index is 3.60. The predicted octanol–water partition coefficient (Wildman–Crippen LogP) is 4.08. The number of piperidine rings is 1. The fraction of sp³-hybridized carbons (Fsp3) is 1.00. The molecule has 1 N–H and O–H groups in total. The van der Waals surface area contributed by atoms with E-state index in [2.05, 4.69) is 52.0 Å². The van der Waals surface area contributed by atoms with Gasteiger partial charge < -0.3 is 0 Å². The predicted molar refractivity (Wildman–Crippen MR) is 80.4 cm³/mol. The molecular formula is C16H34N2. The normalized spacial score (nSPS) is 20.3. The van der Waals surface area contributed by atoms with Crippen LogP contribution in [0.25, 0.3) is 0 Å². The second-order valence-electron chi connectivity index (χ2n) is 8.20. The van der Waals surface area contributed by atoms with Crippen molar-refractivity contribution >= 4 is 0 Å². The Bertz CT molecular complexity index is 226. The molecule has 0 aromatic rings. The SMILES string of the molecule is CC(C)(C)CCCNN1CCC(C(C)(C)C)CC1. The lowest BCUT2D eigenvalue weighted by atomic mass is 9.75. The van der Waals surface area contributed by atoms with Crippen LogP contribution in [0, 0.1) is 16.7 Å². The Morgan fingerprint density at radius 3 is 2.00 bits per heavy atom. The van der Waals surface area contributed by atoms with Crippen LogP contribution in [0.1, 0.15) is 67.2 Å². The van der Waals surface area contributed by atoms with Crippen molar-refractivity contribution in [3.8, 4) is 0 Å². The van der Waals surface area contributed by atoms with E-state index in [1.807, 2.05) is 0 Å². The average molecular weight is 254 g/mol. The first-order valence-corrected chi connectivity index (χ1v) is 7.67. The Morgan fingerprint density at radius 2 is 1.56 bits per heavy atom.